The minimum atomic E-state index is -3.09. The van der Waals surface area contributed by atoms with Crippen LogP contribution in [0.4, 0.5) is 11.4 Å². The highest BCUT2D eigenvalue weighted by Crippen LogP contribution is 2.31. The highest BCUT2D eigenvalue weighted by molar-refractivity contribution is 7.90. The van der Waals surface area contributed by atoms with Crippen LogP contribution >= 0.6 is 0 Å². The number of amides is 3. The molecule has 4 aromatic heterocycles. The number of H-pyrrole nitrogens is 4. The molecule has 344 valence electrons. The Bertz CT molecular complexity index is 3140. The molecule has 6 heterocycles. The van der Waals surface area contributed by atoms with Gasteiger partial charge in [-0.3, -0.25) is 28.9 Å². The number of aromatic amines is 4. The molecule has 6 N–H and O–H groups in total. The molecule has 0 bridgehead atoms. The second-order valence-corrected chi connectivity index (χ2v) is 20.7. The first-order chi connectivity index (χ1) is 30.7. The predicted molar refractivity (Wildman–Crippen MR) is 248 cm³/mol. The zero-order chi connectivity index (χ0) is 47.0. The van der Waals surface area contributed by atoms with Crippen molar-refractivity contribution in [1.82, 2.24) is 49.5 Å². The second kappa shape index (κ2) is 18.4. The molecule has 0 aliphatic carbocycles. The van der Waals surface area contributed by atoms with Crippen LogP contribution in [0.1, 0.15) is 36.6 Å². The number of pyridine rings is 2. The van der Waals surface area contributed by atoms with Crippen molar-refractivity contribution in [3.8, 4) is 22.8 Å². The van der Waals surface area contributed by atoms with Crippen molar-refractivity contribution in [3.63, 3.8) is 0 Å². The predicted octanol–water partition coefficient (Wildman–Crippen LogP) is 1.42. The number of carbonyl (C=O) groups excluding carboxylic acids is 3. The molecule has 2 aliphatic heterocycles. The van der Waals surface area contributed by atoms with Crippen molar-refractivity contribution in [1.29, 1.82) is 0 Å². The molecule has 0 atom stereocenters. The van der Waals surface area contributed by atoms with Crippen LogP contribution in [0.25, 0.3) is 44.8 Å². The van der Waals surface area contributed by atoms with Gasteiger partial charge in [-0.1, -0.05) is 0 Å². The van der Waals surface area contributed by atoms with Gasteiger partial charge >= 0.3 is 0 Å². The van der Waals surface area contributed by atoms with E-state index in [1.807, 2.05) is 18.0 Å². The molecule has 65 heavy (non-hydrogen) atoms. The number of sulfone groups is 2. The van der Waals surface area contributed by atoms with Gasteiger partial charge in [-0.2, -0.15) is 0 Å². The molecule has 3 amide bonds. The number of carbonyl (C=O) groups is 3. The Morgan fingerprint density at radius 2 is 1.09 bits per heavy atom. The number of aromatic nitrogens is 6. The van der Waals surface area contributed by atoms with Crippen LogP contribution in [0.2, 0.25) is 0 Å². The first-order valence-electron chi connectivity index (χ1n) is 20.5. The molecule has 6 aromatic rings. The molecule has 21 nitrogen and oxygen atoms in total. The van der Waals surface area contributed by atoms with E-state index in [9.17, 15) is 40.8 Å². The lowest BCUT2D eigenvalue weighted by molar-refractivity contribution is 0.0641. The lowest BCUT2D eigenvalue weighted by atomic mass is 10.1. The molecule has 0 saturated carbocycles. The Morgan fingerprint density at radius 3 is 1.58 bits per heavy atom. The van der Waals surface area contributed by atoms with Crippen molar-refractivity contribution in [3.05, 3.63) is 91.8 Å². The molecule has 8 rings (SSSR count). The summed E-state index contributed by atoms with van der Waals surface area (Å²) in [7, 11) is 0.907. The quantitative estimate of drug-likeness (QED) is 0.0749. The first kappa shape index (κ1) is 46.3. The van der Waals surface area contributed by atoms with Gasteiger partial charge in [0.05, 0.1) is 56.1 Å². The van der Waals surface area contributed by atoms with Crippen molar-refractivity contribution in [2.75, 3.05) is 102 Å². The standard InChI is InChI=1S/C21H24N6O5S.C21H26N6O4S/c1-22-14-4-5-23-19(28)17(14)18-24-15-10-12-13(11-16(15)25-18)21(30)27(20(12)29)7-6-26(2)8-9-33(3,31)32;1-22-15-4-5-23-20(28)18(15)19-24-16-10-13-12-27(21(29)14(13)11-17(16)25-19)7-6-26(2)8-9-32(3,30)31/h4-5,10-11H,6-9H2,1-3H3,(H,24,25)(H2,22,23,28);4-5,10-11H,6-9,12H2,1-3H3,(H,24,25)(H2,22,23,28). The Labute approximate surface area is 373 Å². The summed E-state index contributed by atoms with van der Waals surface area (Å²) in [6, 6.07) is 10.3. The van der Waals surface area contributed by atoms with Crippen LogP contribution < -0.4 is 21.8 Å². The number of likely N-dealkylation sites (N-methyl/N-ethyl adjacent to an activating group) is 2. The number of benzene rings is 2. The first-order valence-corrected chi connectivity index (χ1v) is 24.6. The van der Waals surface area contributed by atoms with Gasteiger partial charge in [0.15, 0.2) is 0 Å². The van der Waals surface area contributed by atoms with Crippen molar-refractivity contribution < 1.29 is 31.2 Å². The summed E-state index contributed by atoms with van der Waals surface area (Å²) in [6.45, 7) is 2.80. The number of hydrogen-bond acceptors (Lipinski definition) is 15. The molecule has 0 fully saturated rings. The Morgan fingerprint density at radius 1 is 0.631 bits per heavy atom. The smallest absolute Gasteiger partial charge is 0.261 e. The van der Waals surface area contributed by atoms with E-state index in [1.54, 1.807) is 67.5 Å². The molecule has 0 radical (unpaired) electrons. The fraction of sp³-hybridized carbons (Fsp3) is 0.357. The maximum atomic E-state index is 12.9. The Kier molecular flexibility index (Phi) is 13.1. The fourth-order valence-corrected chi connectivity index (χ4v) is 8.85. The number of nitrogens with zero attached hydrogens (tertiary/aromatic N) is 6. The lowest BCUT2D eigenvalue weighted by Gasteiger charge is -2.21. The summed E-state index contributed by atoms with van der Waals surface area (Å²) in [5.74, 6) is -0.0588. The molecular formula is C42H50N12O9S2. The number of anilines is 2. The number of fused-ring (bicyclic) bond motifs is 4. The summed E-state index contributed by atoms with van der Waals surface area (Å²) >= 11 is 0. The van der Waals surface area contributed by atoms with Gasteiger partial charge in [-0.25, -0.2) is 26.8 Å². The van der Waals surface area contributed by atoms with E-state index in [4.69, 9.17) is 0 Å². The third-order valence-electron chi connectivity index (χ3n) is 11.2. The normalized spacial score (nSPS) is 13.9. The van der Waals surface area contributed by atoms with Crippen LogP contribution in [0, 0.1) is 0 Å². The number of rotatable bonds is 16. The van der Waals surface area contributed by atoms with Gasteiger partial charge < -0.3 is 45.3 Å². The second-order valence-electron chi connectivity index (χ2n) is 16.2. The topological polar surface area (TPSA) is 280 Å². The largest absolute Gasteiger partial charge is 0.387 e. The maximum absolute atomic E-state index is 12.9. The van der Waals surface area contributed by atoms with Crippen molar-refractivity contribution in [2.45, 2.75) is 6.54 Å². The molecule has 0 spiro atoms. The molecule has 0 unspecified atom stereocenters. The van der Waals surface area contributed by atoms with E-state index in [2.05, 4.69) is 40.5 Å². The van der Waals surface area contributed by atoms with Gasteiger partial charge in [0.2, 0.25) is 0 Å². The molecule has 2 aliphatic rings. The Hall–Kier alpha value is -6.69. The highest BCUT2D eigenvalue weighted by atomic mass is 32.2. The van der Waals surface area contributed by atoms with Crippen LogP contribution in [-0.2, 0) is 26.2 Å². The van der Waals surface area contributed by atoms with E-state index in [0.29, 0.717) is 95.5 Å². The van der Waals surface area contributed by atoms with Crippen molar-refractivity contribution >= 4 is 70.8 Å². The summed E-state index contributed by atoms with van der Waals surface area (Å²) < 4.78 is 45.3. The summed E-state index contributed by atoms with van der Waals surface area (Å²) in [6.07, 6.45) is 5.48. The van der Waals surface area contributed by atoms with Crippen LogP contribution in [0.3, 0.4) is 0 Å². The highest BCUT2D eigenvalue weighted by Gasteiger charge is 2.36. The molecular weight excluding hydrogens is 881 g/mol. The minimum Gasteiger partial charge on any atom is -0.387 e. The van der Waals surface area contributed by atoms with Gasteiger partial charge in [-0.05, 0) is 56.1 Å². The van der Waals surface area contributed by atoms with Crippen LogP contribution in [0.15, 0.2) is 58.4 Å². The molecule has 23 heteroatoms. The van der Waals surface area contributed by atoms with E-state index in [1.165, 1.54) is 18.7 Å². The fourth-order valence-electron chi connectivity index (χ4n) is 7.57. The lowest BCUT2D eigenvalue weighted by Crippen LogP contribution is -2.38. The van der Waals surface area contributed by atoms with Gasteiger partial charge in [0.25, 0.3) is 28.8 Å². The summed E-state index contributed by atoms with van der Waals surface area (Å²) in [5.41, 5.74) is 5.76. The number of hydrogen-bond donors (Lipinski definition) is 6. The van der Waals surface area contributed by atoms with E-state index in [-0.39, 0.29) is 46.2 Å². The number of nitrogens with one attached hydrogen (secondary N) is 6. The SMILES string of the molecule is CNc1cc[nH]c(=O)c1-c1nc2cc3c(cc2[nH]1)C(=O)N(CCN(C)CCS(C)(=O)=O)C3=O.CNc1cc[nH]c(=O)c1-c1nc2cc3c(cc2[nH]1)CN(CCN(C)CCS(C)(=O)=O)C3=O. The molecule has 2 aromatic carbocycles. The van der Waals surface area contributed by atoms with Gasteiger partial charge in [0.1, 0.15) is 42.5 Å². The van der Waals surface area contributed by atoms with Gasteiger partial charge in [-0.15, -0.1) is 0 Å². The minimum absolute atomic E-state index is 0.00383. The maximum Gasteiger partial charge on any atom is 0.261 e. The summed E-state index contributed by atoms with van der Waals surface area (Å²) in [4.78, 5) is 90.6. The third-order valence-corrected chi connectivity index (χ3v) is 13.1. The van der Waals surface area contributed by atoms with Gasteiger partial charge in [0, 0.05) is 90.4 Å². The van der Waals surface area contributed by atoms with Crippen molar-refractivity contribution in [2.24, 2.45) is 0 Å². The average molecular weight is 931 g/mol. The Balaban J connectivity index is 0.000000194. The molecule has 0 saturated heterocycles. The number of imidazole rings is 2. The summed E-state index contributed by atoms with van der Waals surface area (Å²) in [5, 5.41) is 5.95. The van der Waals surface area contributed by atoms with Crippen LogP contribution in [0.5, 0.6) is 0 Å². The van der Waals surface area contributed by atoms with E-state index >= 15 is 0 Å². The number of imide groups is 1. The van der Waals surface area contributed by atoms with E-state index < -0.39 is 31.5 Å². The zero-order valence-corrected chi connectivity index (χ0v) is 38.3. The monoisotopic (exact) mass is 930 g/mol. The zero-order valence-electron chi connectivity index (χ0n) is 36.7. The average Bonchev–Trinajstić information content (AvgIpc) is 4.00. The third kappa shape index (κ3) is 10.2. The van der Waals surface area contributed by atoms with Crippen LogP contribution in [-0.4, -0.2) is 176 Å². The van der Waals surface area contributed by atoms with E-state index in [0.717, 1.165) is 16.0 Å².